The Kier molecular flexibility index (Phi) is 4.08. The maximum Gasteiger partial charge on any atom is 0.115 e. The molecule has 1 atom stereocenters. The third-order valence-corrected chi connectivity index (χ3v) is 3.93. The highest BCUT2D eigenvalue weighted by atomic mass is 16.3. The fourth-order valence-corrected chi connectivity index (χ4v) is 2.53. The van der Waals surface area contributed by atoms with Gasteiger partial charge < -0.3 is 10.0 Å². The monoisotopic (exact) mass is 259 g/mol. The molecule has 0 amide bonds. The van der Waals surface area contributed by atoms with Gasteiger partial charge >= 0.3 is 0 Å². The Balaban J connectivity index is 2.09. The van der Waals surface area contributed by atoms with Crippen LogP contribution in [-0.2, 0) is 6.42 Å². The van der Waals surface area contributed by atoms with Crippen LogP contribution in [0.4, 0.5) is 0 Å². The van der Waals surface area contributed by atoms with E-state index in [1.807, 2.05) is 19.1 Å². The van der Waals surface area contributed by atoms with Crippen molar-refractivity contribution in [3.63, 3.8) is 0 Å². The summed E-state index contributed by atoms with van der Waals surface area (Å²) in [5, 5.41) is 18.9. The van der Waals surface area contributed by atoms with Gasteiger partial charge in [0.2, 0.25) is 0 Å². The van der Waals surface area contributed by atoms with Crippen molar-refractivity contribution in [1.82, 2.24) is 9.80 Å². The van der Waals surface area contributed by atoms with Gasteiger partial charge in [-0.15, -0.1) is 0 Å². The van der Waals surface area contributed by atoms with E-state index in [1.165, 1.54) is 0 Å². The smallest absolute Gasteiger partial charge is 0.115 e. The van der Waals surface area contributed by atoms with E-state index in [1.54, 1.807) is 12.1 Å². The van der Waals surface area contributed by atoms with Crippen molar-refractivity contribution in [1.29, 1.82) is 5.26 Å². The third-order valence-electron chi connectivity index (χ3n) is 3.93. The van der Waals surface area contributed by atoms with Crippen LogP contribution in [0.3, 0.4) is 0 Å². The lowest BCUT2D eigenvalue weighted by Gasteiger charge is -2.41. The summed E-state index contributed by atoms with van der Waals surface area (Å²) >= 11 is 0. The van der Waals surface area contributed by atoms with Crippen molar-refractivity contribution < 1.29 is 5.11 Å². The van der Waals surface area contributed by atoms with Crippen LogP contribution in [0.15, 0.2) is 24.3 Å². The molecule has 0 radical (unpaired) electrons. The largest absolute Gasteiger partial charge is 0.508 e. The first-order valence-electron chi connectivity index (χ1n) is 6.66. The molecular weight excluding hydrogens is 238 g/mol. The van der Waals surface area contributed by atoms with E-state index in [9.17, 15) is 10.4 Å². The number of phenolic OH excluding ortho intramolecular Hbond substituents is 1. The van der Waals surface area contributed by atoms with Crippen LogP contribution in [0.25, 0.3) is 0 Å². The van der Waals surface area contributed by atoms with Crippen LogP contribution in [0.5, 0.6) is 5.75 Å². The lowest BCUT2D eigenvalue weighted by Crippen LogP contribution is -2.55. The predicted molar refractivity (Wildman–Crippen MR) is 74.9 cm³/mol. The molecule has 1 fully saturated rings. The van der Waals surface area contributed by atoms with Gasteiger partial charge in [-0.2, -0.15) is 5.26 Å². The Morgan fingerprint density at radius 2 is 1.79 bits per heavy atom. The lowest BCUT2D eigenvalue weighted by molar-refractivity contribution is 0.0835. The Morgan fingerprint density at radius 3 is 2.32 bits per heavy atom. The van der Waals surface area contributed by atoms with E-state index < -0.39 is 5.54 Å². The molecule has 1 N–H and O–H groups in total. The second-order valence-corrected chi connectivity index (χ2v) is 5.52. The normalized spacial score (nSPS) is 20.7. The van der Waals surface area contributed by atoms with Crippen molar-refractivity contribution in [2.45, 2.75) is 18.9 Å². The zero-order valence-electron chi connectivity index (χ0n) is 11.6. The van der Waals surface area contributed by atoms with Gasteiger partial charge in [-0.05, 0) is 31.7 Å². The number of aromatic hydroxyl groups is 1. The average molecular weight is 259 g/mol. The van der Waals surface area contributed by atoms with Crippen LogP contribution in [0.1, 0.15) is 12.5 Å². The zero-order chi connectivity index (χ0) is 13.9. The van der Waals surface area contributed by atoms with Crippen LogP contribution < -0.4 is 0 Å². The van der Waals surface area contributed by atoms with Crippen LogP contribution in [0.2, 0.25) is 0 Å². The SMILES string of the molecule is CN1CCN(C(C)(C#N)Cc2ccc(O)cc2)CC1. The summed E-state index contributed by atoms with van der Waals surface area (Å²) in [4.78, 5) is 4.55. The van der Waals surface area contributed by atoms with E-state index in [4.69, 9.17) is 0 Å². The maximum atomic E-state index is 9.56. The molecule has 19 heavy (non-hydrogen) atoms. The van der Waals surface area contributed by atoms with Gasteiger partial charge in [0.25, 0.3) is 0 Å². The number of nitriles is 1. The van der Waals surface area contributed by atoms with E-state index in [2.05, 4.69) is 22.9 Å². The molecule has 1 unspecified atom stereocenters. The Bertz CT molecular complexity index is 457. The topological polar surface area (TPSA) is 50.5 Å². The molecule has 0 saturated carbocycles. The van der Waals surface area contributed by atoms with Crippen molar-refractivity contribution in [2.75, 3.05) is 33.2 Å². The molecule has 1 heterocycles. The number of rotatable bonds is 3. The molecule has 2 rings (SSSR count). The van der Waals surface area contributed by atoms with E-state index in [0.717, 1.165) is 31.7 Å². The third kappa shape index (κ3) is 3.25. The quantitative estimate of drug-likeness (QED) is 0.893. The first-order valence-corrected chi connectivity index (χ1v) is 6.66. The number of hydrogen-bond donors (Lipinski definition) is 1. The van der Waals surface area contributed by atoms with Gasteiger partial charge in [-0.25, -0.2) is 0 Å². The highest BCUT2D eigenvalue weighted by Crippen LogP contribution is 2.23. The molecule has 0 bridgehead atoms. The number of benzene rings is 1. The first kappa shape index (κ1) is 13.9. The van der Waals surface area contributed by atoms with Crippen LogP contribution >= 0.6 is 0 Å². The highest BCUT2D eigenvalue weighted by molar-refractivity contribution is 5.28. The molecular formula is C15H21N3O. The van der Waals surface area contributed by atoms with Gasteiger partial charge in [-0.3, -0.25) is 4.90 Å². The summed E-state index contributed by atoms with van der Waals surface area (Å²) in [6.07, 6.45) is 0.688. The molecule has 1 aliphatic heterocycles. The molecule has 4 heteroatoms. The Morgan fingerprint density at radius 1 is 1.21 bits per heavy atom. The summed E-state index contributed by atoms with van der Waals surface area (Å²) in [7, 11) is 2.11. The fraction of sp³-hybridized carbons (Fsp3) is 0.533. The lowest BCUT2D eigenvalue weighted by atomic mass is 9.91. The molecule has 1 saturated heterocycles. The summed E-state index contributed by atoms with van der Waals surface area (Å²) in [6.45, 7) is 5.88. The molecule has 1 aromatic rings. The van der Waals surface area contributed by atoms with Crippen molar-refractivity contribution >= 4 is 0 Å². The Hall–Kier alpha value is -1.57. The second kappa shape index (κ2) is 5.60. The molecule has 102 valence electrons. The number of likely N-dealkylation sites (N-methyl/N-ethyl adjacent to an activating group) is 1. The minimum atomic E-state index is -0.474. The van der Waals surface area contributed by atoms with Gasteiger partial charge in [-0.1, -0.05) is 12.1 Å². The predicted octanol–water partition coefficient (Wildman–Crippen LogP) is 1.46. The van der Waals surface area contributed by atoms with Crippen molar-refractivity contribution in [3.8, 4) is 11.8 Å². The summed E-state index contributed by atoms with van der Waals surface area (Å²) in [5.41, 5.74) is 0.610. The number of hydrogen-bond acceptors (Lipinski definition) is 4. The zero-order valence-corrected chi connectivity index (χ0v) is 11.6. The summed E-state index contributed by atoms with van der Waals surface area (Å²) in [5.74, 6) is 0.266. The van der Waals surface area contributed by atoms with Crippen molar-refractivity contribution in [2.24, 2.45) is 0 Å². The minimum absolute atomic E-state index is 0.266. The second-order valence-electron chi connectivity index (χ2n) is 5.52. The number of piperazine rings is 1. The van der Waals surface area contributed by atoms with E-state index >= 15 is 0 Å². The van der Waals surface area contributed by atoms with Gasteiger partial charge in [0, 0.05) is 32.6 Å². The minimum Gasteiger partial charge on any atom is -0.508 e. The Labute approximate surface area is 114 Å². The molecule has 1 aliphatic rings. The average Bonchev–Trinajstić information content (AvgIpc) is 2.42. The summed E-state index contributed by atoms with van der Waals surface area (Å²) < 4.78 is 0. The number of nitrogens with zero attached hydrogens (tertiary/aromatic N) is 3. The van der Waals surface area contributed by atoms with Gasteiger partial charge in [0.15, 0.2) is 0 Å². The van der Waals surface area contributed by atoms with Gasteiger partial charge in [0.05, 0.1) is 6.07 Å². The molecule has 0 aliphatic carbocycles. The summed E-state index contributed by atoms with van der Waals surface area (Å²) in [6, 6.07) is 9.61. The molecule has 4 nitrogen and oxygen atoms in total. The van der Waals surface area contributed by atoms with Crippen LogP contribution in [-0.4, -0.2) is 53.7 Å². The highest BCUT2D eigenvalue weighted by Gasteiger charge is 2.33. The molecule has 0 spiro atoms. The first-order chi connectivity index (χ1) is 9.03. The van der Waals surface area contributed by atoms with Gasteiger partial charge in [0.1, 0.15) is 11.3 Å². The van der Waals surface area contributed by atoms with E-state index in [-0.39, 0.29) is 5.75 Å². The maximum absolute atomic E-state index is 9.56. The number of phenols is 1. The molecule has 1 aromatic carbocycles. The van der Waals surface area contributed by atoms with Crippen molar-refractivity contribution in [3.05, 3.63) is 29.8 Å². The molecule has 0 aromatic heterocycles. The standard InChI is InChI=1S/C15H21N3O/c1-15(12-16,18-9-7-17(2)8-10-18)11-13-3-5-14(19)6-4-13/h3-6,19H,7-11H2,1-2H3. The van der Waals surface area contributed by atoms with E-state index in [0.29, 0.717) is 6.42 Å². The fourth-order valence-electron chi connectivity index (χ4n) is 2.53. The van der Waals surface area contributed by atoms with Crippen LogP contribution in [0, 0.1) is 11.3 Å².